The van der Waals surface area contributed by atoms with Gasteiger partial charge in [0, 0.05) is 123 Å². The fourth-order valence-corrected chi connectivity index (χ4v) is 18.2. The van der Waals surface area contributed by atoms with E-state index in [4.69, 9.17) is 10.5 Å². The van der Waals surface area contributed by atoms with E-state index in [0.717, 1.165) is 94.9 Å². The Balaban J connectivity index is 0.000000139. The zero-order valence-electron chi connectivity index (χ0n) is 77.3. The van der Waals surface area contributed by atoms with Crippen LogP contribution in [0, 0.1) is 0 Å². The van der Waals surface area contributed by atoms with E-state index in [1.54, 1.807) is 6.92 Å². The van der Waals surface area contributed by atoms with Gasteiger partial charge in [0.25, 0.3) is 17.7 Å². The summed E-state index contributed by atoms with van der Waals surface area (Å²) in [4.78, 5) is 84.2. The van der Waals surface area contributed by atoms with Gasteiger partial charge in [-0.3, -0.25) is 24.0 Å². The molecule has 14 aromatic rings. The molecule has 5 aliphatic rings. The topological polar surface area (TPSA) is 205 Å². The van der Waals surface area contributed by atoms with Crippen molar-refractivity contribution in [2.75, 3.05) is 56.8 Å². The van der Waals surface area contributed by atoms with Crippen LogP contribution in [0.25, 0.3) is 0 Å². The van der Waals surface area contributed by atoms with Crippen molar-refractivity contribution in [1.29, 1.82) is 0 Å². The zero-order valence-corrected chi connectivity index (χ0v) is 77.3. The highest BCUT2D eigenvalue weighted by Gasteiger charge is 2.41. The number of carbonyl (C=O) groups is 6. The minimum Gasteiger partial charge on any atom is -0.399 e. The lowest BCUT2D eigenvalue weighted by Crippen LogP contribution is -2.47. The molecule has 0 saturated carbocycles. The van der Waals surface area contributed by atoms with Crippen LogP contribution >= 0.6 is 0 Å². The molecule has 678 valence electrons. The van der Waals surface area contributed by atoms with Crippen LogP contribution in [-0.2, 0) is 14.4 Å². The highest BCUT2D eigenvalue weighted by molar-refractivity contribution is 6.09. The molecule has 10 atom stereocenters. The number of para-hydroxylation sites is 11. The quantitative estimate of drug-likeness (QED) is 0.0395. The maximum atomic E-state index is 13.4. The van der Waals surface area contributed by atoms with Crippen molar-refractivity contribution in [3.8, 4) is 0 Å². The Hall–Kier alpha value is -15.1. The monoisotopic (exact) mass is 1770 g/mol. The Labute approximate surface area is 785 Å². The molecule has 0 fully saturated rings. The highest BCUT2D eigenvalue weighted by atomic mass is 16.2. The molecular formula is C116H123N11O6. The summed E-state index contributed by atoms with van der Waals surface area (Å²) in [6, 6.07) is 131. The van der Waals surface area contributed by atoms with Gasteiger partial charge in [-0.25, -0.2) is 0 Å². The number of nitrogens with one attached hydrogen (secondary N) is 5. The zero-order chi connectivity index (χ0) is 93.4. The Morgan fingerprint density at radius 1 is 0.346 bits per heavy atom. The van der Waals surface area contributed by atoms with E-state index in [1.165, 1.54) is 46.4 Å². The number of aldehydes is 1. The molecule has 17 heteroatoms. The molecule has 5 aliphatic heterocycles. The lowest BCUT2D eigenvalue weighted by Gasteiger charge is -2.43. The molecular weight excluding hydrogens is 1640 g/mol. The van der Waals surface area contributed by atoms with E-state index >= 15 is 0 Å². The lowest BCUT2D eigenvalue weighted by atomic mass is 9.89. The van der Waals surface area contributed by atoms with Gasteiger partial charge >= 0.3 is 0 Å². The molecule has 133 heavy (non-hydrogen) atoms. The van der Waals surface area contributed by atoms with Crippen LogP contribution in [0.4, 0.5) is 62.6 Å². The molecule has 19 rings (SSSR count). The maximum absolute atomic E-state index is 13.4. The Morgan fingerprint density at radius 2 is 0.617 bits per heavy atom. The number of amides is 5. The minimum atomic E-state index is -0.124. The Morgan fingerprint density at radius 3 is 0.955 bits per heavy atom. The van der Waals surface area contributed by atoms with Gasteiger partial charge in [-0.1, -0.05) is 268 Å². The molecule has 0 radical (unpaired) electrons. The average Bonchev–Trinajstić information content (AvgIpc) is 0.761. The number of rotatable bonds is 16. The van der Waals surface area contributed by atoms with Gasteiger partial charge in [-0.2, -0.15) is 0 Å². The predicted molar refractivity (Wildman–Crippen MR) is 549 cm³/mol. The largest absolute Gasteiger partial charge is 0.399 e. The first-order valence-electron chi connectivity index (χ1n) is 46.4. The summed E-state index contributed by atoms with van der Waals surface area (Å²) in [7, 11) is 0. The van der Waals surface area contributed by atoms with Crippen LogP contribution in [-0.4, -0.2) is 66.0 Å². The summed E-state index contributed by atoms with van der Waals surface area (Å²) in [5, 5.41) is 18.0. The van der Waals surface area contributed by atoms with Gasteiger partial charge in [0.15, 0.2) is 0 Å². The molecule has 0 unspecified atom stereocenters. The van der Waals surface area contributed by atoms with Crippen molar-refractivity contribution in [2.24, 2.45) is 0 Å². The SMILES string of the molecule is CC(=O)N(c1ccccc1)[C@H]1C[C@@H](C)N(C(=O)c2ccccc2)c2ccccc21.CC=O.CCCCC(=O)N(c1ccccc1)[C@H]1C[C@@H](C)N(C(=O)c2ccccc2)c2ccccc21.C[C@@H]1C[C@@H](Nc2ccccc2)c2ccccc2N1.C[C@@H]1C[C@H](Nc2ccccc2)c2ccccc2N1.C[C@@H]1C[C@H](Nc2ccccc2)c2ccccc2N1C(=O)c1ccccc1.Nc1ccccc1. The number of hydrogen-bond acceptors (Lipinski definition) is 12. The smallest absolute Gasteiger partial charge is 0.258 e. The van der Waals surface area contributed by atoms with Gasteiger partial charge in [0.05, 0.1) is 30.2 Å². The van der Waals surface area contributed by atoms with E-state index in [2.05, 4.69) is 183 Å². The summed E-state index contributed by atoms with van der Waals surface area (Å²) in [5.41, 5.74) is 24.6. The molecule has 7 N–H and O–H groups in total. The molecule has 0 aliphatic carbocycles. The molecule has 14 aromatic carbocycles. The summed E-state index contributed by atoms with van der Waals surface area (Å²) < 4.78 is 0. The number of hydrogen-bond donors (Lipinski definition) is 6. The first-order valence-corrected chi connectivity index (χ1v) is 46.4. The summed E-state index contributed by atoms with van der Waals surface area (Å²) in [6.07, 6.45) is 7.54. The maximum Gasteiger partial charge on any atom is 0.258 e. The van der Waals surface area contributed by atoms with Crippen LogP contribution < -0.4 is 56.8 Å². The molecule has 5 amide bonds. The van der Waals surface area contributed by atoms with Crippen molar-refractivity contribution in [2.45, 2.75) is 167 Å². The first-order chi connectivity index (χ1) is 64.9. The molecule has 17 nitrogen and oxygen atoms in total. The number of nitrogens with zero attached hydrogens (tertiary/aromatic N) is 5. The molecule has 0 spiro atoms. The van der Waals surface area contributed by atoms with E-state index in [0.29, 0.717) is 54.6 Å². The van der Waals surface area contributed by atoms with Gasteiger partial charge in [0.2, 0.25) is 11.8 Å². The lowest BCUT2D eigenvalue weighted by molar-refractivity contribution is -0.119. The van der Waals surface area contributed by atoms with Crippen LogP contribution in [0.1, 0.15) is 196 Å². The minimum absolute atomic E-state index is 0.00688. The van der Waals surface area contributed by atoms with Crippen LogP contribution in [0.3, 0.4) is 0 Å². The first kappa shape index (κ1) is 95.5. The number of anilines is 11. The van der Waals surface area contributed by atoms with E-state index in [1.807, 2.05) is 304 Å². The molecule has 0 saturated heterocycles. The van der Waals surface area contributed by atoms with Crippen molar-refractivity contribution < 1.29 is 28.8 Å². The second-order valence-electron chi connectivity index (χ2n) is 34.1. The van der Waals surface area contributed by atoms with E-state index in [-0.39, 0.29) is 65.8 Å². The van der Waals surface area contributed by atoms with Gasteiger partial charge < -0.3 is 61.6 Å². The molecule has 0 aromatic heterocycles. The van der Waals surface area contributed by atoms with E-state index in [9.17, 15) is 24.0 Å². The third-order valence-electron chi connectivity index (χ3n) is 24.3. The summed E-state index contributed by atoms with van der Waals surface area (Å²) in [5.74, 6) is 0.160. The van der Waals surface area contributed by atoms with Crippen molar-refractivity contribution in [1.82, 2.24) is 0 Å². The number of benzene rings is 14. The number of fused-ring (bicyclic) bond motifs is 5. The van der Waals surface area contributed by atoms with Gasteiger partial charge in [0.1, 0.15) is 6.29 Å². The third kappa shape index (κ3) is 25.1. The van der Waals surface area contributed by atoms with Crippen LogP contribution in [0.2, 0.25) is 0 Å². The average molecular weight is 1770 g/mol. The summed E-state index contributed by atoms with van der Waals surface area (Å²) >= 11 is 0. The highest BCUT2D eigenvalue weighted by Crippen LogP contribution is 2.47. The van der Waals surface area contributed by atoms with Gasteiger partial charge in [-0.15, -0.1) is 0 Å². The second kappa shape index (κ2) is 48.0. The number of nitrogen functional groups attached to an aromatic ring is 1. The number of nitrogens with two attached hydrogens (primary N) is 1. The van der Waals surface area contributed by atoms with Crippen LogP contribution in [0.5, 0.6) is 0 Å². The predicted octanol–water partition coefficient (Wildman–Crippen LogP) is 26.5. The van der Waals surface area contributed by atoms with Gasteiger partial charge in [-0.05, 0) is 247 Å². The summed E-state index contributed by atoms with van der Waals surface area (Å²) in [6.45, 7) is 15.9. The van der Waals surface area contributed by atoms with Crippen LogP contribution in [0.15, 0.2) is 394 Å². The Kier molecular flexibility index (Phi) is 34.4. The second-order valence-corrected chi connectivity index (χ2v) is 34.1. The Bertz CT molecular complexity index is 5910. The fourth-order valence-electron chi connectivity index (χ4n) is 18.2. The molecule has 5 heterocycles. The van der Waals surface area contributed by atoms with Crippen molar-refractivity contribution in [3.63, 3.8) is 0 Å². The van der Waals surface area contributed by atoms with Crippen molar-refractivity contribution >= 4 is 98.4 Å². The standard InChI is InChI=1S/C28H30N2O2.C25H24N2O2.C23H22N2O.2C16H18N2.C6H7N.C2H4O/c1-3-4-19-27(31)30(23-15-9-6-10-16-23)26-20-21(2)29(25-18-12-11-17-24(25)26)28(32)22-13-7-5-8-14-22;1-18-17-24(27(19(2)28)21-13-7-4-8-14-21)22-15-9-10-16-23(22)26(18)25(29)20-11-5-3-6-12-20;1-17-16-21(24-19-12-6-3-7-13-19)20-14-8-9-15-22(20)25(17)23(26)18-10-4-2-5-11-18;2*1-12-11-16(18-13-7-3-2-4-8-13)14-9-5-6-10-15(14)17-12;7-6-4-2-1-3-5-6;1-2-3/h5-18,21,26H,3-4,19-20H2,1-2H3;3-16,18,24H,17H2,1-2H3;2-15,17,21,24H,16H2,1H3;2*2-10,12,16-18H,11H2,1H3;1-5H,7H2;2H,1H3/t21-,26+;18-,24+;17-,21+;12-,16+;12-,16-;;/m11111../s1. The van der Waals surface area contributed by atoms with Crippen molar-refractivity contribution in [3.05, 3.63) is 439 Å². The normalized spacial score (nSPS) is 18.3. The number of carbonyl (C=O) groups excluding carboxylic acids is 6. The molecule has 0 bridgehead atoms. The number of unbranched alkanes of at least 4 members (excludes halogenated alkanes) is 1. The third-order valence-corrected chi connectivity index (χ3v) is 24.3. The van der Waals surface area contributed by atoms with E-state index < -0.39 is 0 Å². The fraction of sp³-hybridized carbons (Fsp3) is 0.224.